The number of nitrogens with two attached hydrogens (primary N) is 1. The summed E-state index contributed by atoms with van der Waals surface area (Å²) < 4.78 is 2.15. The number of rotatable bonds is 3. The van der Waals surface area contributed by atoms with Crippen LogP contribution in [0.1, 0.15) is 18.2 Å². The predicted octanol–water partition coefficient (Wildman–Crippen LogP) is 3.02. The van der Waals surface area contributed by atoms with Gasteiger partial charge in [0, 0.05) is 18.3 Å². The average Bonchev–Trinajstić information content (AvgIpc) is 2.85. The lowest BCUT2D eigenvalue weighted by Gasteiger charge is -2.05. The third kappa shape index (κ3) is 2.02. The van der Waals surface area contributed by atoms with Crippen LogP contribution < -0.4 is 5.73 Å². The van der Waals surface area contributed by atoms with E-state index in [1.54, 1.807) is 0 Å². The fourth-order valence-electron chi connectivity index (χ4n) is 2.41. The normalized spacial score (nSPS) is 11.1. The first kappa shape index (κ1) is 11.9. The summed E-state index contributed by atoms with van der Waals surface area (Å²) in [5.41, 5.74) is 11.3. The molecular formula is C16H17N3. The van der Waals surface area contributed by atoms with Crippen molar-refractivity contribution in [3.63, 3.8) is 0 Å². The van der Waals surface area contributed by atoms with Gasteiger partial charge < -0.3 is 5.73 Å². The molecule has 3 nitrogen and oxygen atoms in total. The molecule has 0 unspecified atom stereocenters. The molecule has 0 atom stereocenters. The molecule has 19 heavy (non-hydrogen) atoms. The van der Waals surface area contributed by atoms with Crippen LogP contribution >= 0.6 is 0 Å². The van der Waals surface area contributed by atoms with E-state index in [2.05, 4.69) is 53.9 Å². The molecule has 0 bridgehead atoms. The van der Waals surface area contributed by atoms with Crippen LogP contribution in [0.4, 0.5) is 0 Å². The fourth-order valence-corrected chi connectivity index (χ4v) is 2.41. The van der Waals surface area contributed by atoms with Crippen molar-refractivity contribution in [2.45, 2.75) is 19.9 Å². The monoisotopic (exact) mass is 251 g/mol. The van der Waals surface area contributed by atoms with Crippen LogP contribution in [0.2, 0.25) is 0 Å². The van der Waals surface area contributed by atoms with E-state index in [1.165, 1.54) is 11.3 Å². The molecule has 3 heteroatoms. The lowest BCUT2D eigenvalue weighted by atomic mass is 10.1. The maximum absolute atomic E-state index is 5.69. The van der Waals surface area contributed by atoms with Crippen molar-refractivity contribution in [1.29, 1.82) is 0 Å². The van der Waals surface area contributed by atoms with E-state index in [9.17, 15) is 0 Å². The molecule has 2 aromatic heterocycles. The van der Waals surface area contributed by atoms with Crippen LogP contribution in [0.15, 0.2) is 48.7 Å². The van der Waals surface area contributed by atoms with Gasteiger partial charge in [0.05, 0.1) is 11.4 Å². The lowest BCUT2D eigenvalue weighted by Crippen LogP contribution is -1.97. The Morgan fingerprint density at radius 1 is 1.16 bits per heavy atom. The zero-order valence-corrected chi connectivity index (χ0v) is 11.0. The summed E-state index contributed by atoms with van der Waals surface area (Å²) in [6, 6.07) is 14.5. The van der Waals surface area contributed by atoms with Crippen LogP contribution in [-0.4, -0.2) is 9.38 Å². The second kappa shape index (κ2) is 4.86. The third-order valence-corrected chi connectivity index (χ3v) is 3.38. The summed E-state index contributed by atoms with van der Waals surface area (Å²) in [4.78, 5) is 4.72. The fraction of sp³-hybridized carbons (Fsp3) is 0.188. The van der Waals surface area contributed by atoms with Gasteiger partial charge in [0.15, 0.2) is 0 Å². The Kier molecular flexibility index (Phi) is 3.05. The number of hydrogen-bond acceptors (Lipinski definition) is 2. The Hall–Kier alpha value is -2.13. The number of imidazole rings is 1. The Labute approximate surface area is 112 Å². The summed E-state index contributed by atoms with van der Waals surface area (Å²) in [7, 11) is 0. The molecule has 0 saturated carbocycles. The van der Waals surface area contributed by atoms with Crippen molar-refractivity contribution in [1.82, 2.24) is 9.38 Å². The van der Waals surface area contributed by atoms with Gasteiger partial charge in [-0.25, -0.2) is 4.98 Å². The summed E-state index contributed by atoms with van der Waals surface area (Å²) in [6.45, 7) is 2.68. The summed E-state index contributed by atoms with van der Waals surface area (Å²) in [5.74, 6) is 0. The van der Waals surface area contributed by atoms with Crippen molar-refractivity contribution in [2.24, 2.45) is 5.73 Å². The molecule has 2 heterocycles. The first-order valence-electron chi connectivity index (χ1n) is 6.59. The summed E-state index contributed by atoms with van der Waals surface area (Å²) in [6.07, 6.45) is 2.98. The molecule has 3 aromatic rings. The van der Waals surface area contributed by atoms with Gasteiger partial charge in [-0.15, -0.1) is 0 Å². The summed E-state index contributed by atoms with van der Waals surface area (Å²) in [5, 5.41) is 0. The topological polar surface area (TPSA) is 43.3 Å². The number of fused-ring (bicyclic) bond motifs is 1. The Bertz CT molecular complexity index is 699. The zero-order valence-electron chi connectivity index (χ0n) is 11.0. The van der Waals surface area contributed by atoms with Gasteiger partial charge >= 0.3 is 0 Å². The van der Waals surface area contributed by atoms with Gasteiger partial charge in [-0.1, -0.05) is 37.3 Å². The number of benzene rings is 1. The number of aryl methyl sites for hydroxylation is 1. The Morgan fingerprint density at radius 3 is 2.63 bits per heavy atom. The molecule has 0 saturated heterocycles. The molecule has 1 aromatic carbocycles. The molecule has 96 valence electrons. The minimum Gasteiger partial charge on any atom is -0.326 e. The molecule has 0 aliphatic heterocycles. The Balaban J connectivity index is 2.28. The van der Waals surface area contributed by atoms with Gasteiger partial charge in [0.25, 0.3) is 0 Å². The van der Waals surface area contributed by atoms with Crippen molar-refractivity contribution >= 4 is 5.65 Å². The molecule has 0 spiro atoms. The smallest absolute Gasteiger partial charge is 0.137 e. The highest BCUT2D eigenvalue weighted by Crippen LogP contribution is 2.25. The van der Waals surface area contributed by atoms with E-state index >= 15 is 0 Å². The zero-order chi connectivity index (χ0) is 13.2. The van der Waals surface area contributed by atoms with Gasteiger partial charge in [-0.2, -0.15) is 0 Å². The minimum absolute atomic E-state index is 0.547. The van der Waals surface area contributed by atoms with Crippen molar-refractivity contribution in [3.05, 3.63) is 59.9 Å². The number of pyridine rings is 1. The van der Waals surface area contributed by atoms with Crippen LogP contribution in [0.5, 0.6) is 0 Å². The first-order chi connectivity index (χ1) is 9.33. The molecule has 0 aliphatic rings. The van der Waals surface area contributed by atoms with E-state index in [0.717, 1.165) is 23.3 Å². The summed E-state index contributed by atoms with van der Waals surface area (Å²) >= 11 is 0. The largest absolute Gasteiger partial charge is 0.326 e. The van der Waals surface area contributed by atoms with Crippen LogP contribution in [0, 0.1) is 0 Å². The maximum Gasteiger partial charge on any atom is 0.137 e. The van der Waals surface area contributed by atoms with Gasteiger partial charge in [-0.05, 0) is 24.1 Å². The quantitative estimate of drug-likeness (QED) is 0.777. The highest BCUT2D eigenvalue weighted by molar-refractivity contribution is 5.67. The van der Waals surface area contributed by atoms with Crippen LogP contribution in [0.25, 0.3) is 16.9 Å². The van der Waals surface area contributed by atoms with E-state index in [0.29, 0.717) is 6.54 Å². The van der Waals surface area contributed by atoms with E-state index in [-0.39, 0.29) is 0 Å². The maximum atomic E-state index is 5.69. The van der Waals surface area contributed by atoms with Gasteiger partial charge in [0.1, 0.15) is 5.65 Å². The average molecular weight is 251 g/mol. The Morgan fingerprint density at radius 2 is 1.95 bits per heavy atom. The van der Waals surface area contributed by atoms with E-state index < -0.39 is 0 Å². The second-order valence-electron chi connectivity index (χ2n) is 4.59. The van der Waals surface area contributed by atoms with Gasteiger partial charge in [0.2, 0.25) is 0 Å². The molecule has 0 amide bonds. The molecule has 0 radical (unpaired) electrons. The number of hydrogen-bond donors (Lipinski definition) is 1. The predicted molar refractivity (Wildman–Crippen MR) is 77.9 cm³/mol. The van der Waals surface area contributed by atoms with Crippen molar-refractivity contribution in [2.75, 3.05) is 0 Å². The van der Waals surface area contributed by atoms with Crippen LogP contribution in [-0.2, 0) is 13.0 Å². The molecular weight excluding hydrogens is 234 g/mol. The van der Waals surface area contributed by atoms with Crippen molar-refractivity contribution in [3.8, 4) is 11.3 Å². The molecule has 3 rings (SSSR count). The lowest BCUT2D eigenvalue weighted by molar-refractivity contribution is 1.05. The van der Waals surface area contributed by atoms with Crippen molar-refractivity contribution < 1.29 is 0 Å². The highest BCUT2D eigenvalue weighted by atomic mass is 15.0. The first-order valence-corrected chi connectivity index (χ1v) is 6.59. The second-order valence-corrected chi connectivity index (χ2v) is 4.59. The molecule has 0 fully saturated rings. The number of nitrogens with zero attached hydrogens (tertiary/aromatic N) is 2. The van der Waals surface area contributed by atoms with E-state index in [4.69, 9.17) is 10.7 Å². The number of aromatic nitrogens is 2. The van der Waals surface area contributed by atoms with Crippen LogP contribution in [0.3, 0.4) is 0 Å². The standard InChI is InChI=1S/C16H17N3/c1-2-14-16(13-6-4-3-5-7-13)19-9-8-12(11-17)10-15(19)18-14/h3-10H,2,11,17H2,1H3. The minimum atomic E-state index is 0.547. The molecule has 2 N–H and O–H groups in total. The van der Waals surface area contributed by atoms with E-state index in [1.807, 2.05) is 6.07 Å². The van der Waals surface area contributed by atoms with Gasteiger partial charge in [-0.3, -0.25) is 4.40 Å². The molecule has 0 aliphatic carbocycles. The SMILES string of the molecule is CCc1nc2cc(CN)ccn2c1-c1ccccc1. The third-order valence-electron chi connectivity index (χ3n) is 3.38. The highest BCUT2D eigenvalue weighted by Gasteiger charge is 2.12.